The fourth-order valence-corrected chi connectivity index (χ4v) is 4.65. The fourth-order valence-electron chi connectivity index (χ4n) is 4.65. The van der Waals surface area contributed by atoms with E-state index in [0.29, 0.717) is 47.7 Å². The molecular weight excluding hydrogens is 488 g/mol. The Morgan fingerprint density at radius 1 is 1.18 bits per heavy atom. The molecule has 1 unspecified atom stereocenters. The Hall–Kier alpha value is -4.48. The maximum absolute atomic E-state index is 13.8. The number of likely N-dealkylation sites (tertiary alicyclic amines) is 1. The molecule has 0 saturated carbocycles. The third kappa shape index (κ3) is 4.89. The van der Waals surface area contributed by atoms with Crippen LogP contribution in [0.5, 0.6) is 0 Å². The van der Waals surface area contributed by atoms with Crippen LogP contribution in [0.1, 0.15) is 37.6 Å². The number of ether oxygens (including phenoxy) is 1. The average molecular weight is 519 g/mol. The van der Waals surface area contributed by atoms with Crippen molar-refractivity contribution in [3.63, 3.8) is 0 Å². The van der Waals surface area contributed by atoms with Crippen LogP contribution in [0.25, 0.3) is 33.8 Å². The van der Waals surface area contributed by atoms with E-state index in [4.69, 9.17) is 20.1 Å². The molecule has 1 aliphatic rings. The van der Waals surface area contributed by atoms with E-state index in [1.54, 1.807) is 22.7 Å². The lowest BCUT2D eigenvalue weighted by Crippen LogP contribution is -2.36. The van der Waals surface area contributed by atoms with E-state index in [9.17, 15) is 9.59 Å². The lowest BCUT2D eigenvalue weighted by atomic mass is 10.1. The van der Waals surface area contributed by atoms with Gasteiger partial charge in [0.25, 0.3) is 5.91 Å². The van der Waals surface area contributed by atoms with Crippen molar-refractivity contribution in [2.75, 3.05) is 25.4 Å². The highest BCUT2D eigenvalue weighted by atomic mass is 16.6. The summed E-state index contributed by atoms with van der Waals surface area (Å²) in [4.78, 5) is 37.0. The minimum Gasteiger partial charge on any atom is -0.444 e. The molecule has 3 N–H and O–H groups in total. The fraction of sp³-hybridized carbons (Fsp3) is 0.385. The Bertz CT molecular complexity index is 1490. The molecule has 1 aromatic carbocycles. The largest absolute Gasteiger partial charge is 0.444 e. The van der Waals surface area contributed by atoms with E-state index in [0.717, 1.165) is 12.0 Å². The number of nitrogens with zero attached hydrogens (tertiary/aromatic N) is 6. The molecule has 0 radical (unpaired) electrons. The first-order chi connectivity index (χ1) is 18.1. The van der Waals surface area contributed by atoms with Crippen LogP contribution >= 0.6 is 0 Å². The summed E-state index contributed by atoms with van der Waals surface area (Å²) in [6.45, 7) is 6.94. The van der Waals surface area contributed by atoms with Gasteiger partial charge in [0.15, 0.2) is 17.3 Å². The van der Waals surface area contributed by atoms with Crippen molar-refractivity contribution in [2.24, 2.45) is 13.0 Å². The van der Waals surface area contributed by atoms with Crippen molar-refractivity contribution >= 4 is 28.9 Å². The minimum absolute atomic E-state index is 0.102. The number of anilines is 1. The predicted molar refractivity (Wildman–Crippen MR) is 140 cm³/mol. The Kier molecular flexibility index (Phi) is 6.47. The van der Waals surface area contributed by atoms with Crippen LogP contribution in [0.4, 0.5) is 10.6 Å². The van der Waals surface area contributed by atoms with Crippen molar-refractivity contribution in [1.29, 1.82) is 0 Å². The van der Waals surface area contributed by atoms with Gasteiger partial charge in [-0.25, -0.2) is 14.4 Å². The van der Waals surface area contributed by atoms with E-state index in [1.807, 2.05) is 51.1 Å². The summed E-state index contributed by atoms with van der Waals surface area (Å²) in [6, 6.07) is 9.63. The normalized spacial score (nSPS) is 15.7. The summed E-state index contributed by atoms with van der Waals surface area (Å²) >= 11 is 0. The summed E-state index contributed by atoms with van der Waals surface area (Å²) in [6.07, 6.45) is 1.89. The number of aryl methyl sites for hydroxylation is 1. The molecule has 1 aliphatic heterocycles. The molecule has 4 aromatic rings. The number of imidazole rings is 1. The van der Waals surface area contributed by atoms with Gasteiger partial charge in [0, 0.05) is 38.4 Å². The van der Waals surface area contributed by atoms with Gasteiger partial charge in [0.1, 0.15) is 11.1 Å². The maximum Gasteiger partial charge on any atom is 0.407 e. The molecule has 2 amide bonds. The number of hydrogen-bond acceptors (Lipinski definition) is 9. The van der Waals surface area contributed by atoms with Gasteiger partial charge in [0.2, 0.25) is 0 Å². The Morgan fingerprint density at radius 2 is 1.95 bits per heavy atom. The SMILES string of the molecule is Cn1c(-c2nonc2N)nc2c(-c3ccccc3)ncc(C(=O)N3CCC(CNC(=O)OC(C)(C)C)C3)c21. The first-order valence-electron chi connectivity index (χ1n) is 12.4. The number of amides is 2. The molecule has 0 bridgehead atoms. The first kappa shape index (κ1) is 25.2. The second-order valence-electron chi connectivity index (χ2n) is 10.4. The van der Waals surface area contributed by atoms with Crippen LogP contribution in [0.2, 0.25) is 0 Å². The number of alkyl carbamates (subject to hydrolysis) is 1. The van der Waals surface area contributed by atoms with Crippen LogP contribution in [0.3, 0.4) is 0 Å². The second kappa shape index (κ2) is 9.77. The highest BCUT2D eigenvalue weighted by Crippen LogP contribution is 2.33. The Balaban J connectivity index is 1.45. The number of fused-ring (bicyclic) bond motifs is 1. The molecule has 0 spiro atoms. The van der Waals surface area contributed by atoms with Gasteiger partial charge in [-0.1, -0.05) is 30.3 Å². The molecule has 4 heterocycles. The molecule has 198 valence electrons. The van der Waals surface area contributed by atoms with Crippen LogP contribution in [0.15, 0.2) is 41.2 Å². The highest BCUT2D eigenvalue weighted by molar-refractivity contribution is 6.08. The molecule has 38 heavy (non-hydrogen) atoms. The van der Waals surface area contributed by atoms with Crippen molar-refractivity contribution < 1.29 is 19.0 Å². The quantitative estimate of drug-likeness (QED) is 0.405. The molecule has 0 aliphatic carbocycles. The van der Waals surface area contributed by atoms with Crippen molar-refractivity contribution in [3.8, 4) is 22.8 Å². The predicted octanol–water partition coefficient (Wildman–Crippen LogP) is 3.25. The summed E-state index contributed by atoms with van der Waals surface area (Å²) in [5, 5.41) is 10.4. The standard InChI is InChI=1S/C26H30N8O4/c1-26(2,3)37-25(36)29-12-15-10-11-34(14-15)24(35)17-13-28-18(16-8-6-5-7-9-16)19-21(17)33(4)23(30-19)20-22(27)32-38-31-20/h5-9,13,15H,10-12,14H2,1-4H3,(H2,27,32)(H,29,36). The average Bonchev–Trinajstić information content (AvgIpc) is 3.60. The zero-order valence-corrected chi connectivity index (χ0v) is 21.8. The zero-order valence-electron chi connectivity index (χ0n) is 21.8. The number of nitrogen functional groups attached to an aromatic ring is 1. The molecule has 1 saturated heterocycles. The van der Waals surface area contributed by atoms with Crippen LogP contribution in [0, 0.1) is 5.92 Å². The zero-order chi connectivity index (χ0) is 27.0. The highest BCUT2D eigenvalue weighted by Gasteiger charge is 2.31. The van der Waals surface area contributed by atoms with Gasteiger partial charge in [0.05, 0.1) is 16.8 Å². The Labute approximate surface area is 219 Å². The van der Waals surface area contributed by atoms with Crippen molar-refractivity contribution in [2.45, 2.75) is 32.8 Å². The van der Waals surface area contributed by atoms with Crippen molar-refractivity contribution in [3.05, 3.63) is 42.1 Å². The van der Waals surface area contributed by atoms with Gasteiger partial charge in [-0.2, -0.15) is 0 Å². The van der Waals surface area contributed by atoms with E-state index < -0.39 is 11.7 Å². The number of carbonyl (C=O) groups excluding carboxylic acids is 2. The number of nitrogens with one attached hydrogen (secondary N) is 1. The van der Waals surface area contributed by atoms with Gasteiger partial charge in [-0.3, -0.25) is 9.78 Å². The molecule has 1 atom stereocenters. The number of nitrogens with two attached hydrogens (primary N) is 1. The number of aromatic nitrogens is 5. The smallest absolute Gasteiger partial charge is 0.407 e. The topological polar surface area (TPSA) is 154 Å². The minimum atomic E-state index is -0.569. The summed E-state index contributed by atoms with van der Waals surface area (Å²) in [5.41, 5.74) is 8.74. The molecule has 12 heteroatoms. The first-order valence-corrected chi connectivity index (χ1v) is 12.4. The lowest BCUT2D eigenvalue weighted by Gasteiger charge is -2.21. The van der Waals surface area contributed by atoms with Crippen LogP contribution in [-0.4, -0.2) is 67.0 Å². The van der Waals surface area contributed by atoms with E-state index in [1.165, 1.54) is 0 Å². The number of pyridine rings is 1. The van der Waals surface area contributed by atoms with Gasteiger partial charge < -0.3 is 25.3 Å². The summed E-state index contributed by atoms with van der Waals surface area (Å²) in [7, 11) is 1.79. The van der Waals surface area contributed by atoms with Gasteiger partial charge >= 0.3 is 6.09 Å². The molecular formula is C26H30N8O4. The van der Waals surface area contributed by atoms with E-state index in [2.05, 4.69) is 20.6 Å². The van der Waals surface area contributed by atoms with Gasteiger partial charge in [-0.05, 0) is 43.4 Å². The number of rotatable bonds is 5. The van der Waals surface area contributed by atoms with Gasteiger partial charge in [-0.15, -0.1) is 0 Å². The van der Waals surface area contributed by atoms with E-state index >= 15 is 0 Å². The van der Waals surface area contributed by atoms with Crippen molar-refractivity contribution in [1.82, 2.24) is 35.1 Å². The second-order valence-corrected chi connectivity index (χ2v) is 10.4. The number of benzene rings is 1. The Morgan fingerprint density at radius 3 is 2.63 bits per heavy atom. The third-order valence-electron chi connectivity index (χ3n) is 6.41. The number of hydrogen-bond donors (Lipinski definition) is 2. The van der Waals surface area contributed by atoms with Crippen LogP contribution < -0.4 is 11.1 Å². The monoisotopic (exact) mass is 518 g/mol. The molecule has 3 aromatic heterocycles. The summed E-state index contributed by atoms with van der Waals surface area (Å²) in [5.74, 6) is 0.466. The van der Waals surface area contributed by atoms with Crippen LogP contribution in [-0.2, 0) is 11.8 Å². The number of carbonyl (C=O) groups is 2. The molecule has 1 fully saturated rings. The maximum atomic E-state index is 13.8. The lowest BCUT2D eigenvalue weighted by molar-refractivity contribution is 0.0520. The molecule has 12 nitrogen and oxygen atoms in total. The summed E-state index contributed by atoms with van der Waals surface area (Å²) < 4.78 is 11.9. The van der Waals surface area contributed by atoms with E-state index in [-0.39, 0.29) is 23.3 Å². The molecule has 5 rings (SSSR count). The third-order valence-corrected chi connectivity index (χ3v) is 6.41.